The van der Waals surface area contributed by atoms with Gasteiger partial charge in [0.2, 0.25) is 0 Å². The summed E-state index contributed by atoms with van der Waals surface area (Å²) in [6.45, 7) is 0. The topological polar surface area (TPSA) is 269 Å². The predicted molar refractivity (Wildman–Crippen MR) is 177 cm³/mol. The van der Waals surface area contributed by atoms with Gasteiger partial charge in [-0.3, -0.25) is 22.9 Å². The molecule has 2 amide bonds. The summed E-state index contributed by atoms with van der Waals surface area (Å²) in [5.41, 5.74) is -0.168. The lowest BCUT2D eigenvalue weighted by atomic mass is 10.1. The van der Waals surface area contributed by atoms with Crippen LogP contribution in [0.15, 0.2) is 122 Å². The molecular weight excluding hydrogens is 717 g/mol. The molecule has 16 nitrogen and oxygen atoms in total. The van der Waals surface area contributed by atoms with E-state index in [1.807, 2.05) is 0 Å². The largest absolute Gasteiger partial charge is 0.768 e. The molecule has 0 saturated carbocycles. The van der Waals surface area contributed by atoms with E-state index in [-0.39, 0.29) is 22.5 Å². The molecule has 1 atom stereocenters. The van der Waals surface area contributed by atoms with Crippen LogP contribution in [0.5, 0.6) is 0 Å². The fraction of sp³-hybridized carbons (Fsp3) is 0. The van der Waals surface area contributed by atoms with E-state index >= 15 is 0 Å². The number of nitrogens with one attached hydrogen (secondary N) is 2. The van der Waals surface area contributed by atoms with Crippen LogP contribution in [0.3, 0.4) is 0 Å². The van der Waals surface area contributed by atoms with Crippen molar-refractivity contribution in [3.8, 4) is 0 Å². The van der Waals surface area contributed by atoms with Crippen LogP contribution in [-0.4, -0.2) is 57.6 Å². The van der Waals surface area contributed by atoms with Crippen LogP contribution in [0.1, 0.15) is 31.1 Å². The molecule has 256 valence electrons. The number of hydrogen-bond donors (Lipinski definition) is 5. The SMILES string of the molecule is O=C(Nc1ccccc1)c1ccc(C(=O)Nc2ccc(N=Nc3cc(S(=O)(=O)O)c4cc(S(=O)[O-])cc(S(=O)(=O)O)c4c3)cc2C(=O)O)cc1. The minimum absolute atomic E-state index is 0.102. The van der Waals surface area contributed by atoms with Gasteiger partial charge in [-0.2, -0.15) is 27.1 Å². The summed E-state index contributed by atoms with van der Waals surface area (Å²) in [5.74, 6) is -2.60. The Hall–Kier alpha value is -5.70. The molecule has 0 aliphatic carbocycles. The Morgan fingerprint density at radius 2 is 1.20 bits per heavy atom. The second kappa shape index (κ2) is 14.0. The van der Waals surface area contributed by atoms with Gasteiger partial charge in [0, 0.05) is 32.5 Å². The van der Waals surface area contributed by atoms with Crippen molar-refractivity contribution in [3.63, 3.8) is 0 Å². The number of nitrogens with zero attached hydrogens (tertiary/aromatic N) is 2. The number of benzene rings is 5. The molecule has 0 radical (unpaired) electrons. The van der Waals surface area contributed by atoms with Gasteiger partial charge < -0.3 is 20.3 Å². The highest BCUT2D eigenvalue weighted by Gasteiger charge is 2.23. The van der Waals surface area contributed by atoms with E-state index in [9.17, 15) is 54.2 Å². The van der Waals surface area contributed by atoms with Crippen molar-refractivity contribution in [2.75, 3.05) is 10.6 Å². The van der Waals surface area contributed by atoms with Crippen molar-refractivity contribution in [2.45, 2.75) is 14.7 Å². The first-order valence-electron chi connectivity index (χ1n) is 13.7. The molecular formula is C31H21N4O12S3-. The average molecular weight is 738 g/mol. The smallest absolute Gasteiger partial charge is 0.337 e. The lowest BCUT2D eigenvalue weighted by Gasteiger charge is -2.13. The van der Waals surface area contributed by atoms with Crippen LogP contribution in [0.4, 0.5) is 22.7 Å². The van der Waals surface area contributed by atoms with Gasteiger partial charge >= 0.3 is 5.97 Å². The molecule has 5 N–H and O–H groups in total. The van der Waals surface area contributed by atoms with Crippen molar-refractivity contribution < 1.29 is 54.2 Å². The number of fused-ring (bicyclic) bond motifs is 1. The highest BCUT2D eigenvalue weighted by Crippen LogP contribution is 2.36. The fourth-order valence-corrected chi connectivity index (χ4v) is 6.57. The van der Waals surface area contributed by atoms with E-state index in [1.165, 1.54) is 36.4 Å². The molecule has 0 fully saturated rings. The number of rotatable bonds is 10. The normalized spacial score (nSPS) is 12.5. The summed E-state index contributed by atoms with van der Waals surface area (Å²) in [6.07, 6.45) is 0. The monoisotopic (exact) mass is 737 g/mol. The lowest BCUT2D eigenvalue weighted by Crippen LogP contribution is -2.16. The Morgan fingerprint density at radius 3 is 1.76 bits per heavy atom. The van der Waals surface area contributed by atoms with Crippen LogP contribution in [0.25, 0.3) is 10.8 Å². The molecule has 0 heterocycles. The second-order valence-electron chi connectivity index (χ2n) is 10.2. The van der Waals surface area contributed by atoms with Gasteiger partial charge in [-0.05, 0) is 89.9 Å². The minimum atomic E-state index is -5.14. The number of para-hydroxylation sites is 1. The van der Waals surface area contributed by atoms with Crippen LogP contribution in [0, 0.1) is 0 Å². The van der Waals surface area contributed by atoms with Crippen molar-refractivity contribution in [2.24, 2.45) is 10.2 Å². The molecule has 50 heavy (non-hydrogen) atoms. The van der Waals surface area contributed by atoms with Gasteiger partial charge in [0.15, 0.2) is 0 Å². The summed E-state index contributed by atoms with van der Waals surface area (Å²) in [5, 5.41) is 21.5. The van der Waals surface area contributed by atoms with Gasteiger partial charge in [-0.15, -0.1) is 0 Å². The number of azo groups is 1. The zero-order valence-electron chi connectivity index (χ0n) is 24.9. The molecule has 0 aliphatic rings. The van der Waals surface area contributed by atoms with Crippen LogP contribution in [0.2, 0.25) is 0 Å². The predicted octanol–water partition coefficient (Wildman–Crippen LogP) is 5.19. The fourth-order valence-electron chi connectivity index (χ4n) is 4.62. The number of aromatic carboxylic acids is 1. The van der Waals surface area contributed by atoms with E-state index in [0.717, 1.165) is 24.3 Å². The first-order valence-corrected chi connectivity index (χ1v) is 17.7. The van der Waals surface area contributed by atoms with E-state index < -0.39 is 85.8 Å². The zero-order valence-corrected chi connectivity index (χ0v) is 27.3. The summed E-state index contributed by atoms with van der Waals surface area (Å²) in [4.78, 5) is 34.8. The van der Waals surface area contributed by atoms with Gasteiger partial charge in [0.25, 0.3) is 32.1 Å². The standard InChI is InChI=1S/C31H22N4O12S3/c36-29(32-19-4-2-1-3-5-19)17-6-8-18(9-7-17)30(37)33-26-11-10-20(12-25(26)31(38)39)34-35-21-13-23-24(27(14-21)49(42,43)44)15-22(48(40)41)16-28(23)50(45,46)47/h1-16H,(H,32,36)(H,33,37)(H,38,39)(H,40,41)(H,42,43,44)(H,45,46,47)/p-1. The van der Waals surface area contributed by atoms with Gasteiger partial charge in [-0.1, -0.05) is 18.2 Å². The first-order chi connectivity index (χ1) is 23.5. The van der Waals surface area contributed by atoms with Gasteiger partial charge in [0.1, 0.15) is 9.79 Å². The summed E-state index contributed by atoms with van der Waals surface area (Å²) in [6, 6.07) is 20.8. The second-order valence-corrected chi connectivity index (χ2v) is 14.0. The van der Waals surface area contributed by atoms with Crippen LogP contribution in [-0.2, 0) is 31.3 Å². The third kappa shape index (κ3) is 8.11. The molecule has 5 aromatic rings. The summed E-state index contributed by atoms with van der Waals surface area (Å²) in [7, 11) is -10.3. The molecule has 5 rings (SSSR count). The van der Waals surface area contributed by atoms with Crippen molar-refractivity contribution in [3.05, 3.63) is 114 Å². The number of amides is 2. The minimum Gasteiger partial charge on any atom is -0.768 e. The van der Waals surface area contributed by atoms with Gasteiger partial charge in [0.05, 0.1) is 22.6 Å². The zero-order chi connectivity index (χ0) is 36.4. The summed E-state index contributed by atoms with van der Waals surface area (Å²) < 4.78 is 91.1. The van der Waals surface area contributed by atoms with Crippen LogP contribution < -0.4 is 10.6 Å². The van der Waals surface area contributed by atoms with Crippen molar-refractivity contribution in [1.29, 1.82) is 0 Å². The third-order valence-corrected chi connectivity index (χ3v) is 9.31. The van der Waals surface area contributed by atoms with E-state index in [2.05, 4.69) is 20.9 Å². The van der Waals surface area contributed by atoms with Crippen molar-refractivity contribution in [1.82, 2.24) is 0 Å². The highest BCUT2D eigenvalue weighted by atomic mass is 32.2. The quantitative estimate of drug-likeness (QED) is 0.0704. The Morgan fingerprint density at radius 1 is 0.660 bits per heavy atom. The number of carboxylic acid groups (broad SMARTS) is 1. The lowest BCUT2D eigenvalue weighted by molar-refractivity contribution is 0.0697. The maximum atomic E-state index is 12.9. The van der Waals surface area contributed by atoms with E-state index in [1.54, 1.807) is 30.3 Å². The average Bonchev–Trinajstić information content (AvgIpc) is 3.06. The Kier molecular flexibility index (Phi) is 9.99. The third-order valence-electron chi connectivity index (χ3n) is 6.90. The molecule has 0 saturated heterocycles. The maximum absolute atomic E-state index is 12.9. The number of hydrogen-bond acceptors (Lipinski definition) is 11. The molecule has 0 bridgehead atoms. The summed E-state index contributed by atoms with van der Waals surface area (Å²) >= 11 is -3.06. The molecule has 0 aromatic heterocycles. The Balaban J connectivity index is 1.43. The number of carbonyl (C=O) groups excluding carboxylic acids is 2. The molecule has 1 unspecified atom stereocenters. The Bertz CT molecular complexity index is 2470. The maximum Gasteiger partial charge on any atom is 0.337 e. The molecule has 0 aliphatic heterocycles. The number of anilines is 2. The number of carbonyl (C=O) groups is 3. The molecule has 19 heteroatoms. The van der Waals surface area contributed by atoms with Gasteiger partial charge in [-0.25, -0.2) is 4.79 Å². The molecule has 0 spiro atoms. The van der Waals surface area contributed by atoms with E-state index in [0.29, 0.717) is 11.8 Å². The van der Waals surface area contributed by atoms with Crippen LogP contribution >= 0.6 is 0 Å². The van der Waals surface area contributed by atoms with Crippen molar-refractivity contribution >= 4 is 82.6 Å². The Labute approximate surface area is 285 Å². The number of carboxylic acids is 1. The highest BCUT2D eigenvalue weighted by molar-refractivity contribution is 7.86. The van der Waals surface area contributed by atoms with E-state index in [4.69, 9.17) is 0 Å². The molecule has 5 aromatic carbocycles. The first kappa shape index (κ1) is 35.6.